The molecule has 124 valence electrons. The van der Waals surface area contributed by atoms with Crippen molar-refractivity contribution < 1.29 is 39.9 Å². The van der Waals surface area contributed by atoms with Crippen LogP contribution in [-0.4, -0.2) is 23.7 Å². The Hall–Kier alpha value is -1.28. The lowest BCUT2D eigenvalue weighted by Crippen LogP contribution is -2.61. The van der Waals surface area contributed by atoms with Gasteiger partial charge in [0.05, 0.1) is 12.7 Å². The van der Waals surface area contributed by atoms with Gasteiger partial charge < -0.3 is 4.74 Å². The fraction of sp³-hybridized carbons (Fsp3) is 0.667. The molecule has 0 aliphatic rings. The molecule has 0 radical (unpaired) electrons. The van der Waals surface area contributed by atoms with Crippen LogP contribution in [0.4, 0.5) is 35.1 Å². The van der Waals surface area contributed by atoms with Crippen molar-refractivity contribution in [1.29, 1.82) is 0 Å². The van der Waals surface area contributed by atoms with Crippen LogP contribution < -0.4 is 0 Å². The predicted molar refractivity (Wildman–Crippen MR) is 59.7 cm³/mol. The van der Waals surface area contributed by atoms with E-state index in [0.717, 1.165) is 19.3 Å². The van der Waals surface area contributed by atoms with E-state index in [1.165, 1.54) is 13.0 Å². The van der Waals surface area contributed by atoms with Crippen molar-refractivity contribution in [2.45, 2.75) is 50.9 Å². The quantitative estimate of drug-likeness (QED) is 0.450. The highest BCUT2D eigenvalue weighted by atomic mass is 19.4. The van der Waals surface area contributed by atoms with Gasteiger partial charge in [-0.3, -0.25) is 0 Å². The second-order valence-electron chi connectivity index (χ2n) is 4.26. The van der Waals surface area contributed by atoms with E-state index >= 15 is 0 Å². The number of rotatable bonds is 7. The fourth-order valence-corrected chi connectivity index (χ4v) is 1.20. The Balaban J connectivity index is 5.48. The number of alkyl halides is 8. The summed E-state index contributed by atoms with van der Waals surface area (Å²) in [6.45, 7) is 2.01. The smallest absolute Gasteiger partial charge is 0.378 e. The van der Waals surface area contributed by atoms with Crippen molar-refractivity contribution in [2.75, 3.05) is 0 Å². The first-order valence-corrected chi connectivity index (χ1v) is 5.69. The van der Waals surface area contributed by atoms with Gasteiger partial charge in [0.1, 0.15) is 5.76 Å². The molecule has 0 aromatic carbocycles. The molecule has 21 heavy (non-hydrogen) atoms. The number of hydrogen-bond donors (Lipinski definition) is 0. The molecule has 0 aliphatic carbocycles. The van der Waals surface area contributed by atoms with Crippen LogP contribution in [0.3, 0.4) is 0 Å². The van der Waals surface area contributed by atoms with Crippen LogP contribution in [0.2, 0.25) is 0 Å². The minimum absolute atomic E-state index is 0.552. The minimum Gasteiger partial charge on any atom is -0.470 e. The third kappa shape index (κ3) is 3.88. The summed E-state index contributed by atoms with van der Waals surface area (Å²) in [6, 6.07) is 0. The van der Waals surface area contributed by atoms with Crippen molar-refractivity contribution in [3.63, 3.8) is 0 Å². The summed E-state index contributed by atoms with van der Waals surface area (Å²) in [4.78, 5) is 0. The van der Waals surface area contributed by atoms with Crippen LogP contribution in [-0.2, 0) is 4.74 Å². The first-order chi connectivity index (χ1) is 9.24. The summed E-state index contributed by atoms with van der Waals surface area (Å²) in [5.74, 6) is -24.0. The van der Waals surface area contributed by atoms with Gasteiger partial charge in [-0.15, -0.1) is 0 Å². The van der Waals surface area contributed by atoms with E-state index in [1.807, 2.05) is 0 Å². The van der Waals surface area contributed by atoms with Gasteiger partial charge >= 0.3 is 23.7 Å². The summed E-state index contributed by atoms with van der Waals surface area (Å²) >= 11 is 0. The van der Waals surface area contributed by atoms with E-state index in [4.69, 9.17) is 0 Å². The highest BCUT2D eigenvalue weighted by molar-refractivity contribution is 5.07. The maximum absolute atomic E-state index is 13.4. The molecule has 0 atom stereocenters. The van der Waals surface area contributed by atoms with Crippen LogP contribution in [0.25, 0.3) is 0 Å². The Morgan fingerprint density at radius 1 is 0.905 bits per heavy atom. The molecule has 0 bridgehead atoms. The molecule has 0 rings (SSSR count). The van der Waals surface area contributed by atoms with Crippen LogP contribution in [0, 0.1) is 0 Å². The Bertz CT molecular complexity index is 406. The van der Waals surface area contributed by atoms with E-state index < -0.39 is 42.8 Å². The van der Waals surface area contributed by atoms with Crippen LogP contribution >= 0.6 is 0 Å². The SMILES string of the molecule is C/C=C(/CC(F)(F)C(F)(F)C(F)(F)C(C)(F)F)O/C=C/C. The second kappa shape index (κ2) is 6.23. The van der Waals surface area contributed by atoms with Gasteiger partial charge in [-0.25, -0.2) is 0 Å². The average molecular weight is 326 g/mol. The Labute approximate surface area is 116 Å². The van der Waals surface area contributed by atoms with E-state index in [0.29, 0.717) is 0 Å². The summed E-state index contributed by atoms with van der Waals surface area (Å²) in [5.41, 5.74) is 0. The predicted octanol–water partition coefficient (Wildman–Crippen LogP) is 5.39. The van der Waals surface area contributed by atoms with Gasteiger partial charge in [-0.05, 0) is 19.9 Å². The summed E-state index contributed by atoms with van der Waals surface area (Å²) in [5, 5.41) is 0. The summed E-state index contributed by atoms with van der Waals surface area (Å²) < 4.78 is 109. The molecule has 0 unspecified atom stereocenters. The first-order valence-electron chi connectivity index (χ1n) is 5.69. The summed E-state index contributed by atoms with van der Waals surface area (Å²) in [6.07, 6.45) is 0.976. The third-order valence-corrected chi connectivity index (χ3v) is 2.48. The van der Waals surface area contributed by atoms with Gasteiger partial charge in [0.25, 0.3) is 0 Å². The molecule has 0 saturated carbocycles. The average Bonchev–Trinajstić information content (AvgIpc) is 2.32. The van der Waals surface area contributed by atoms with Crippen LogP contribution in [0.15, 0.2) is 24.2 Å². The zero-order valence-corrected chi connectivity index (χ0v) is 11.4. The Morgan fingerprint density at radius 3 is 1.71 bits per heavy atom. The monoisotopic (exact) mass is 326 g/mol. The van der Waals surface area contributed by atoms with E-state index in [2.05, 4.69) is 4.74 Å². The lowest BCUT2D eigenvalue weighted by atomic mass is 9.96. The molecule has 0 heterocycles. The van der Waals surface area contributed by atoms with E-state index in [9.17, 15) is 35.1 Å². The van der Waals surface area contributed by atoms with Crippen molar-refractivity contribution in [3.8, 4) is 0 Å². The zero-order valence-electron chi connectivity index (χ0n) is 11.4. The number of hydrogen-bond acceptors (Lipinski definition) is 1. The maximum atomic E-state index is 13.4. The molecule has 0 aromatic rings. The van der Waals surface area contributed by atoms with Crippen molar-refractivity contribution in [3.05, 3.63) is 24.2 Å². The zero-order chi connectivity index (χ0) is 17.1. The third-order valence-electron chi connectivity index (χ3n) is 2.48. The molecule has 0 fully saturated rings. The Morgan fingerprint density at radius 2 is 1.38 bits per heavy atom. The molecule has 0 aliphatic heterocycles. The molecule has 9 heteroatoms. The lowest BCUT2D eigenvalue weighted by Gasteiger charge is -2.35. The van der Waals surface area contributed by atoms with Crippen molar-refractivity contribution >= 4 is 0 Å². The molecule has 0 N–H and O–H groups in total. The highest BCUT2D eigenvalue weighted by Crippen LogP contribution is 2.54. The van der Waals surface area contributed by atoms with Crippen LogP contribution in [0.1, 0.15) is 27.2 Å². The second-order valence-corrected chi connectivity index (χ2v) is 4.26. The fourth-order valence-electron chi connectivity index (χ4n) is 1.20. The van der Waals surface area contributed by atoms with Crippen molar-refractivity contribution in [2.24, 2.45) is 0 Å². The van der Waals surface area contributed by atoms with E-state index in [-0.39, 0.29) is 0 Å². The summed E-state index contributed by atoms with van der Waals surface area (Å²) in [7, 11) is 0. The standard InChI is InChI=1S/C12H14F8O/c1-4-6-21-8(5-2)7-10(15,16)12(19,20)11(17,18)9(3,13)14/h4-6H,7H2,1-3H3/b6-4+,8-5-. The Kier molecular flexibility index (Phi) is 5.85. The molecule has 0 amide bonds. The number of ether oxygens (including phenoxy) is 1. The van der Waals surface area contributed by atoms with Gasteiger partial charge in [0, 0.05) is 6.92 Å². The van der Waals surface area contributed by atoms with Gasteiger partial charge in [-0.1, -0.05) is 6.08 Å². The van der Waals surface area contributed by atoms with Gasteiger partial charge in [0.15, 0.2) is 0 Å². The molecule has 1 nitrogen and oxygen atoms in total. The largest absolute Gasteiger partial charge is 0.470 e. The van der Waals surface area contributed by atoms with Gasteiger partial charge in [-0.2, -0.15) is 35.1 Å². The number of allylic oxidation sites excluding steroid dienone is 3. The topological polar surface area (TPSA) is 9.23 Å². The van der Waals surface area contributed by atoms with Gasteiger partial charge in [0.2, 0.25) is 0 Å². The normalized spacial score (nSPS) is 15.7. The molecular weight excluding hydrogens is 312 g/mol. The minimum atomic E-state index is -6.26. The molecule has 0 spiro atoms. The molecular formula is C12H14F8O. The number of halogens is 8. The first kappa shape index (κ1) is 19.7. The molecule has 0 aromatic heterocycles. The highest BCUT2D eigenvalue weighted by Gasteiger charge is 2.78. The lowest BCUT2D eigenvalue weighted by molar-refractivity contribution is -0.362. The van der Waals surface area contributed by atoms with Crippen LogP contribution in [0.5, 0.6) is 0 Å². The maximum Gasteiger partial charge on any atom is 0.378 e. The van der Waals surface area contributed by atoms with Crippen molar-refractivity contribution in [1.82, 2.24) is 0 Å². The van der Waals surface area contributed by atoms with E-state index in [1.54, 1.807) is 0 Å². The molecule has 0 saturated heterocycles.